The van der Waals surface area contributed by atoms with Crippen LogP contribution in [0.1, 0.15) is 22.3 Å². The fourth-order valence-corrected chi connectivity index (χ4v) is 2.84. The number of amides is 2. The van der Waals surface area contributed by atoms with Crippen molar-refractivity contribution in [1.29, 1.82) is 0 Å². The number of primary amides is 1. The molecule has 3 rings (SSSR count). The van der Waals surface area contributed by atoms with E-state index in [1.165, 1.54) is 6.20 Å². The first-order valence-corrected chi connectivity index (χ1v) is 7.22. The number of carbonyl (C=O) groups is 2. The Kier molecular flexibility index (Phi) is 3.87. The van der Waals surface area contributed by atoms with E-state index in [0.717, 1.165) is 11.3 Å². The van der Waals surface area contributed by atoms with Gasteiger partial charge in [-0.1, -0.05) is 18.2 Å². The third kappa shape index (κ3) is 2.98. The predicted octanol–water partition coefficient (Wildman–Crippen LogP) is 1.78. The lowest BCUT2D eigenvalue weighted by Gasteiger charge is -2.16. The molecule has 1 aromatic carbocycles. The molecule has 1 aliphatic rings. The Morgan fingerprint density at radius 2 is 2.05 bits per heavy atom. The van der Waals surface area contributed by atoms with Crippen molar-refractivity contribution in [2.45, 2.75) is 12.8 Å². The number of carbonyl (C=O) groups excluding carboxylic acids is 2. The van der Waals surface area contributed by atoms with E-state index in [1.54, 1.807) is 12.3 Å². The SMILES string of the molecule is NC(=O)c1cncc(CC2CC(=O)N(c3ccccc3)C2)c1. The van der Waals surface area contributed by atoms with Crippen molar-refractivity contribution in [2.24, 2.45) is 11.7 Å². The lowest BCUT2D eigenvalue weighted by molar-refractivity contribution is -0.117. The van der Waals surface area contributed by atoms with Crippen molar-refractivity contribution in [3.05, 3.63) is 59.9 Å². The molecular formula is C17H17N3O2. The molecule has 5 heteroatoms. The molecule has 0 saturated carbocycles. The lowest BCUT2D eigenvalue weighted by atomic mass is 9.99. The average molecular weight is 295 g/mol. The molecule has 2 N–H and O–H groups in total. The van der Waals surface area contributed by atoms with Crippen molar-refractivity contribution in [3.8, 4) is 0 Å². The summed E-state index contributed by atoms with van der Waals surface area (Å²) < 4.78 is 0. The summed E-state index contributed by atoms with van der Waals surface area (Å²) in [6.45, 7) is 0.684. The summed E-state index contributed by atoms with van der Waals surface area (Å²) in [6, 6.07) is 11.4. The van der Waals surface area contributed by atoms with Gasteiger partial charge >= 0.3 is 0 Å². The highest BCUT2D eigenvalue weighted by atomic mass is 16.2. The molecule has 1 fully saturated rings. The molecule has 1 aromatic heterocycles. The van der Waals surface area contributed by atoms with Crippen LogP contribution in [0.4, 0.5) is 5.69 Å². The van der Waals surface area contributed by atoms with Crippen molar-refractivity contribution in [2.75, 3.05) is 11.4 Å². The molecule has 2 amide bonds. The molecule has 112 valence electrons. The molecule has 0 aliphatic carbocycles. The fraction of sp³-hybridized carbons (Fsp3) is 0.235. The molecule has 2 aromatic rings. The molecule has 5 nitrogen and oxygen atoms in total. The minimum absolute atomic E-state index is 0.134. The van der Waals surface area contributed by atoms with Gasteiger partial charge in [0.2, 0.25) is 11.8 Å². The molecule has 22 heavy (non-hydrogen) atoms. The van der Waals surface area contributed by atoms with Gasteiger partial charge in [0, 0.05) is 31.0 Å². The largest absolute Gasteiger partial charge is 0.366 e. The van der Waals surface area contributed by atoms with E-state index >= 15 is 0 Å². The number of pyridine rings is 1. The second-order valence-corrected chi connectivity index (χ2v) is 5.56. The Labute approximate surface area is 128 Å². The summed E-state index contributed by atoms with van der Waals surface area (Å²) in [7, 11) is 0. The van der Waals surface area contributed by atoms with Gasteiger partial charge in [-0.3, -0.25) is 14.6 Å². The van der Waals surface area contributed by atoms with E-state index in [2.05, 4.69) is 4.98 Å². The molecule has 1 aliphatic heterocycles. The quantitative estimate of drug-likeness (QED) is 0.934. The Morgan fingerprint density at radius 3 is 2.77 bits per heavy atom. The first-order chi connectivity index (χ1) is 10.6. The van der Waals surface area contributed by atoms with Crippen LogP contribution in [-0.2, 0) is 11.2 Å². The van der Waals surface area contributed by atoms with Gasteiger partial charge in [0.05, 0.1) is 5.56 Å². The number of rotatable bonds is 4. The van der Waals surface area contributed by atoms with E-state index in [4.69, 9.17) is 5.73 Å². The van der Waals surface area contributed by atoms with E-state index in [9.17, 15) is 9.59 Å². The van der Waals surface area contributed by atoms with Gasteiger partial charge in [-0.15, -0.1) is 0 Å². The second kappa shape index (κ2) is 5.97. The smallest absolute Gasteiger partial charge is 0.250 e. The summed E-state index contributed by atoms with van der Waals surface area (Å²) in [5.74, 6) is -0.129. The van der Waals surface area contributed by atoms with Gasteiger partial charge < -0.3 is 10.6 Å². The Balaban J connectivity index is 1.71. The third-order valence-corrected chi connectivity index (χ3v) is 3.88. The predicted molar refractivity (Wildman–Crippen MR) is 83.4 cm³/mol. The maximum Gasteiger partial charge on any atom is 0.250 e. The maximum absolute atomic E-state index is 12.2. The third-order valence-electron chi connectivity index (χ3n) is 3.88. The van der Waals surface area contributed by atoms with Crippen LogP contribution in [0.2, 0.25) is 0 Å². The molecule has 1 atom stereocenters. The molecule has 0 spiro atoms. The van der Waals surface area contributed by atoms with Gasteiger partial charge in [-0.25, -0.2) is 0 Å². The minimum Gasteiger partial charge on any atom is -0.366 e. The van der Waals surface area contributed by atoms with Crippen molar-refractivity contribution >= 4 is 17.5 Å². The van der Waals surface area contributed by atoms with Crippen LogP contribution >= 0.6 is 0 Å². The number of hydrogen-bond donors (Lipinski definition) is 1. The summed E-state index contributed by atoms with van der Waals surface area (Å²) in [6.07, 6.45) is 4.41. The van der Waals surface area contributed by atoms with Gasteiger partial charge in [0.25, 0.3) is 0 Å². The zero-order valence-electron chi connectivity index (χ0n) is 12.1. The number of nitrogens with zero attached hydrogens (tertiary/aromatic N) is 2. The highest BCUT2D eigenvalue weighted by Gasteiger charge is 2.30. The number of nitrogens with two attached hydrogens (primary N) is 1. The van der Waals surface area contributed by atoms with Crippen LogP contribution in [0.25, 0.3) is 0 Å². The van der Waals surface area contributed by atoms with Crippen LogP contribution in [0, 0.1) is 5.92 Å². The molecule has 0 bridgehead atoms. The Bertz CT molecular complexity index is 700. The van der Waals surface area contributed by atoms with Crippen molar-refractivity contribution < 1.29 is 9.59 Å². The van der Waals surface area contributed by atoms with E-state index in [1.807, 2.05) is 35.2 Å². The normalized spacial score (nSPS) is 17.7. The zero-order valence-corrected chi connectivity index (χ0v) is 12.1. The second-order valence-electron chi connectivity index (χ2n) is 5.56. The number of hydrogen-bond acceptors (Lipinski definition) is 3. The van der Waals surface area contributed by atoms with Gasteiger partial charge in [-0.05, 0) is 36.1 Å². The number of aromatic nitrogens is 1. The first kappa shape index (κ1) is 14.3. The molecule has 1 unspecified atom stereocenters. The number of anilines is 1. The lowest BCUT2D eigenvalue weighted by Crippen LogP contribution is -2.24. The fourth-order valence-electron chi connectivity index (χ4n) is 2.84. The topological polar surface area (TPSA) is 76.3 Å². The molecule has 0 radical (unpaired) electrons. The van der Waals surface area contributed by atoms with Crippen molar-refractivity contribution in [1.82, 2.24) is 4.98 Å². The average Bonchev–Trinajstić information content (AvgIpc) is 2.89. The number of para-hydroxylation sites is 1. The summed E-state index contributed by atoms with van der Waals surface area (Å²) >= 11 is 0. The zero-order chi connectivity index (χ0) is 15.5. The Hall–Kier alpha value is -2.69. The molecular weight excluding hydrogens is 278 g/mol. The van der Waals surface area contributed by atoms with Crippen LogP contribution in [-0.4, -0.2) is 23.3 Å². The summed E-state index contributed by atoms with van der Waals surface area (Å²) in [5.41, 5.74) is 7.54. The maximum atomic E-state index is 12.2. The molecule has 1 saturated heterocycles. The first-order valence-electron chi connectivity index (χ1n) is 7.22. The van der Waals surface area contributed by atoms with Gasteiger partial charge in [-0.2, -0.15) is 0 Å². The highest BCUT2D eigenvalue weighted by molar-refractivity contribution is 5.95. The minimum atomic E-state index is -0.484. The number of benzene rings is 1. The van der Waals surface area contributed by atoms with E-state index in [-0.39, 0.29) is 11.8 Å². The van der Waals surface area contributed by atoms with E-state index < -0.39 is 5.91 Å². The van der Waals surface area contributed by atoms with Gasteiger partial charge in [0.15, 0.2) is 0 Å². The van der Waals surface area contributed by atoms with Crippen LogP contribution in [0.5, 0.6) is 0 Å². The summed E-state index contributed by atoms with van der Waals surface area (Å²) in [5, 5.41) is 0. The van der Waals surface area contributed by atoms with Crippen molar-refractivity contribution in [3.63, 3.8) is 0 Å². The Morgan fingerprint density at radius 1 is 1.27 bits per heavy atom. The monoisotopic (exact) mass is 295 g/mol. The molecule has 2 heterocycles. The summed E-state index contributed by atoms with van der Waals surface area (Å²) in [4.78, 5) is 29.2. The van der Waals surface area contributed by atoms with Gasteiger partial charge in [0.1, 0.15) is 0 Å². The van der Waals surface area contributed by atoms with Crippen LogP contribution in [0.3, 0.4) is 0 Å². The van der Waals surface area contributed by atoms with E-state index in [0.29, 0.717) is 24.9 Å². The van der Waals surface area contributed by atoms with Crippen LogP contribution < -0.4 is 10.6 Å². The standard InChI is InChI=1S/C17H17N3O2/c18-17(22)14-7-12(9-19-10-14)6-13-8-16(21)20(11-13)15-4-2-1-3-5-15/h1-5,7,9-10,13H,6,8,11H2,(H2,18,22). The van der Waals surface area contributed by atoms with Crippen LogP contribution in [0.15, 0.2) is 48.8 Å². The highest BCUT2D eigenvalue weighted by Crippen LogP contribution is 2.27.